The van der Waals surface area contributed by atoms with Crippen molar-refractivity contribution in [3.05, 3.63) is 47.2 Å². The first-order chi connectivity index (χ1) is 9.47. The van der Waals surface area contributed by atoms with Gasteiger partial charge in [0.2, 0.25) is 0 Å². The number of nitrogens with two attached hydrogens (primary N) is 1. The van der Waals surface area contributed by atoms with Gasteiger partial charge < -0.3 is 15.2 Å². The van der Waals surface area contributed by atoms with Gasteiger partial charge in [0.05, 0.1) is 10.7 Å². The Balaban J connectivity index is 2.34. The van der Waals surface area contributed by atoms with E-state index < -0.39 is 18.2 Å². The van der Waals surface area contributed by atoms with Gasteiger partial charge in [0.15, 0.2) is 17.3 Å². The number of rotatable bonds is 4. The van der Waals surface area contributed by atoms with Crippen LogP contribution in [0.4, 0.5) is 18.9 Å². The number of benzene rings is 2. The Bertz CT molecular complexity index is 623. The minimum absolute atomic E-state index is 0.0323. The van der Waals surface area contributed by atoms with Gasteiger partial charge in [-0.3, -0.25) is 0 Å². The second kappa shape index (κ2) is 5.92. The lowest BCUT2D eigenvalue weighted by Gasteiger charge is -2.12. The van der Waals surface area contributed by atoms with Gasteiger partial charge in [-0.25, -0.2) is 4.39 Å². The summed E-state index contributed by atoms with van der Waals surface area (Å²) in [4.78, 5) is 0. The maximum atomic E-state index is 13.4. The molecular weight excluding hydrogens is 295 g/mol. The van der Waals surface area contributed by atoms with Gasteiger partial charge in [-0.15, -0.1) is 0 Å². The summed E-state index contributed by atoms with van der Waals surface area (Å²) in [7, 11) is 0. The van der Waals surface area contributed by atoms with Crippen LogP contribution in [0, 0.1) is 5.82 Å². The van der Waals surface area contributed by atoms with Gasteiger partial charge in [-0.2, -0.15) is 8.78 Å². The minimum atomic E-state index is -3.15. The Morgan fingerprint density at radius 3 is 2.40 bits per heavy atom. The molecule has 0 saturated heterocycles. The highest BCUT2D eigenvalue weighted by atomic mass is 35.5. The molecule has 20 heavy (non-hydrogen) atoms. The van der Waals surface area contributed by atoms with E-state index in [4.69, 9.17) is 22.1 Å². The molecular formula is C13H9ClF3NO2. The van der Waals surface area contributed by atoms with Crippen LogP contribution in [-0.4, -0.2) is 6.61 Å². The van der Waals surface area contributed by atoms with E-state index in [9.17, 15) is 13.2 Å². The second-order valence-corrected chi connectivity index (χ2v) is 4.14. The summed E-state index contributed by atoms with van der Waals surface area (Å²) >= 11 is 5.89. The van der Waals surface area contributed by atoms with E-state index in [1.165, 1.54) is 0 Å². The van der Waals surface area contributed by atoms with E-state index in [-0.39, 0.29) is 17.2 Å². The average molecular weight is 304 g/mol. The van der Waals surface area contributed by atoms with Gasteiger partial charge in [0.1, 0.15) is 5.75 Å². The van der Waals surface area contributed by atoms with Crippen molar-refractivity contribution >= 4 is 17.3 Å². The first kappa shape index (κ1) is 14.3. The summed E-state index contributed by atoms with van der Waals surface area (Å²) in [5.74, 6) is -1.43. The smallest absolute Gasteiger partial charge is 0.387 e. The molecule has 2 N–H and O–H groups in total. The zero-order chi connectivity index (χ0) is 14.7. The zero-order valence-corrected chi connectivity index (χ0v) is 10.7. The van der Waals surface area contributed by atoms with Crippen molar-refractivity contribution in [2.45, 2.75) is 6.61 Å². The molecule has 0 saturated carbocycles. The third kappa shape index (κ3) is 3.27. The van der Waals surface area contributed by atoms with Gasteiger partial charge in [-0.1, -0.05) is 23.7 Å². The third-order valence-corrected chi connectivity index (χ3v) is 2.65. The molecule has 0 spiro atoms. The maximum Gasteiger partial charge on any atom is 0.387 e. The number of para-hydroxylation sites is 1. The number of hydrogen-bond donors (Lipinski definition) is 1. The van der Waals surface area contributed by atoms with E-state index in [1.807, 2.05) is 0 Å². The summed E-state index contributed by atoms with van der Waals surface area (Å²) in [6.07, 6.45) is 0. The highest BCUT2D eigenvalue weighted by Gasteiger charge is 2.15. The number of anilines is 1. The van der Waals surface area contributed by atoms with E-state index in [2.05, 4.69) is 4.74 Å². The number of hydrogen-bond acceptors (Lipinski definition) is 3. The highest BCUT2D eigenvalue weighted by Crippen LogP contribution is 2.36. The maximum absolute atomic E-state index is 13.4. The Hall–Kier alpha value is -2.08. The van der Waals surface area contributed by atoms with E-state index in [0.29, 0.717) is 5.02 Å². The predicted molar refractivity (Wildman–Crippen MR) is 69.0 cm³/mol. The van der Waals surface area contributed by atoms with Gasteiger partial charge >= 0.3 is 6.61 Å². The zero-order valence-electron chi connectivity index (χ0n) is 9.95. The molecule has 0 aliphatic heterocycles. The SMILES string of the molecule is Nc1cc(F)c(OC(F)F)cc1Oc1ccccc1Cl. The minimum Gasteiger partial charge on any atom is -0.453 e. The standard InChI is InChI=1S/C13H9ClF3NO2/c14-7-3-1-2-4-10(7)19-12-6-11(20-13(16)17)8(15)5-9(12)18/h1-6,13H,18H2. The van der Waals surface area contributed by atoms with Crippen molar-refractivity contribution in [2.75, 3.05) is 5.73 Å². The van der Waals surface area contributed by atoms with Crippen LogP contribution in [0.5, 0.6) is 17.2 Å². The normalized spacial score (nSPS) is 10.7. The topological polar surface area (TPSA) is 44.5 Å². The number of ether oxygens (including phenoxy) is 2. The van der Waals surface area contributed by atoms with Crippen LogP contribution in [0.3, 0.4) is 0 Å². The molecule has 3 nitrogen and oxygen atoms in total. The van der Waals surface area contributed by atoms with E-state index in [0.717, 1.165) is 12.1 Å². The number of halogens is 4. The fourth-order valence-electron chi connectivity index (χ4n) is 1.47. The van der Waals surface area contributed by atoms with Crippen LogP contribution in [0.1, 0.15) is 0 Å². The molecule has 0 aromatic heterocycles. The monoisotopic (exact) mass is 303 g/mol. The predicted octanol–water partition coefficient (Wildman–Crippen LogP) is 4.46. The molecule has 2 aromatic carbocycles. The van der Waals surface area contributed by atoms with Crippen LogP contribution in [0.2, 0.25) is 5.02 Å². The van der Waals surface area contributed by atoms with Crippen molar-refractivity contribution < 1.29 is 22.6 Å². The van der Waals surface area contributed by atoms with Gasteiger partial charge in [0.25, 0.3) is 0 Å². The summed E-state index contributed by atoms with van der Waals surface area (Å²) in [5.41, 5.74) is 5.50. The van der Waals surface area contributed by atoms with E-state index >= 15 is 0 Å². The van der Waals surface area contributed by atoms with Crippen molar-refractivity contribution in [3.8, 4) is 17.2 Å². The fraction of sp³-hybridized carbons (Fsp3) is 0.0769. The molecule has 2 rings (SSSR count). The lowest BCUT2D eigenvalue weighted by molar-refractivity contribution is -0.0522. The van der Waals surface area contributed by atoms with Crippen LogP contribution < -0.4 is 15.2 Å². The first-order valence-electron chi connectivity index (χ1n) is 5.43. The van der Waals surface area contributed by atoms with Crippen LogP contribution in [0.25, 0.3) is 0 Å². The highest BCUT2D eigenvalue weighted by molar-refractivity contribution is 6.32. The van der Waals surface area contributed by atoms with Crippen molar-refractivity contribution in [2.24, 2.45) is 0 Å². The van der Waals surface area contributed by atoms with Crippen molar-refractivity contribution in [3.63, 3.8) is 0 Å². The largest absolute Gasteiger partial charge is 0.453 e. The molecule has 0 bridgehead atoms. The summed E-state index contributed by atoms with van der Waals surface area (Å²) < 4.78 is 47.1. The number of nitrogen functional groups attached to an aromatic ring is 1. The molecule has 0 fully saturated rings. The van der Waals surface area contributed by atoms with Crippen LogP contribution in [-0.2, 0) is 0 Å². The number of alkyl halides is 2. The van der Waals surface area contributed by atoms with Crippen LogP contribution in [0.15, 0.2) is 36.4 Å². The third-order valence-electron chi connectivity index (χ3n) is 2.34. The fourth-order valence-corrected chi connectivity index (χ4v) is 1.65. The van der Waals surface area contributed by atoms with Gasteiger partial charge in [-0.05, 0) is 12.1 Å². The molecule has 106 valence electrons. The Kier molecular flexibility index (Phi) is 4.24. The molecule has 0 heterocycles. The molecule has 0 amide bonds. The lowest BCUT2D eigenvalue weighted by atomic mass is 10.2. The molecule has 0 unspecified atom stereocenters. The molecule has 0 radical (unpaired) electrons. The van der Waals surface area contributed by atoms with E-state index in [1.54, 1.807) is 24.3 Å². The van der Waals surface area contributed by atoms with Gasteiger partial charge in [0, 0.05) is 12.1 Å². The molecule has 0 atom stereocenters. The first-order valence-corrected chi connectivity index (χ1v) is 5.81. The molecule has 2 aromatic rings. The Morgan fingerprint density at radius 1 is 1.05 bits per heavy atom. The molecule has 7 heteroatoms. The molecule has 0 aliphatic rings. The molecule has 0 aliphatic carbocycles. The summed E-state index contributed by atoms with van der Waals surface area (Å²) in [5, 5.41) is 0.299. The summed E-state index contributed by atoms with van der Waals surface area (Å²) in [6, 6.07) is 8.27. The van der Waals surface area contributed by atoms with Crippen molar-refractivity contribution in [1.82, 2.24) is 0 Å². The van der Waals surface area contributed by atoms with Crippen LogP contribution >= 0.6 is 11.6 Å². The van der Waals surface area contributed by atoms with Crippen molar-refractivity contribution in [1.29, 1.82) is 0 Å². The average Bonchev–Trinajstić information content (AvgIpc) is 2.37. The summed E-state index contributed by atoms with van der Waals surface area (Å²) in [6.45, 7) is -3.15. The Morgan fingerprint density at radius 2 is 1.75 bits per heavy atom. The quantitative estimate of drug-likeness (QED) is 0.848. The Labute approximate surface area is 117 Å². The second-order valence-electron chi connectivity index (χ2n) is 3.73. The lowest BCUT2D eigenvalue weighted by Crippen LogP contribution is -2.05.